The van der Waals surface area contributed by atoms with Crippen LogP contribution in [-0.2, 0) is 0 Å². The first-order chi connectivity index (χ1) is 7.15. The summed E-state index contributed by atoms with van der Waals surface area (Å²) in [6.07, 6.45) is 8.11. The molecule has 15 heavy (non-hydrogen) atoms. The smallest absolute Gasteiger partial charge is 0.00179 e. The molecule has 0 aromatic rings. The van der Waals surface area contributed by atoms with Crippen molar-refractivity contribution in [1.82, 2.24) is 5.32 Å². The third kappa shape index (κ3) is 31.5. The number of nitrogens with one attached hydrogen (secondary N) is 1. The molecule has 0 unspecified atom stereocenters. The Hall–Kier alpha value is -0.0800. The van der Waals surface area contributed by atoms with Crippen molar-refractivity contribution in [1.29, 1.82) is 0 Å². The largest absolute Gasteiger partial charge is 0.328 e. The molecular formula is C13H32N2. The SMILES string of the molecule is CC(C)N.CCCCCNCCCCC. The molecular weight excluding hydrogens is 184 g/mol. The van der Waals surface area contributed by atoms with Gasteiger partial charge in [0.1, 0.15) is 0 Å². The maximum absolute atomic E-state index is 5.11. The number of rotatable bonds is 8. The van der Waals surface area contributed by atoms with Crippen molar-refractivity contribution in [3.63, 3.8) is 0 Å². The summed E-state index contributed by atoms with van der Waals surface area (Å²) in [4.78, 5) is 0. The van der Waals surface area contributed by atoms with E-state index in [0.717, 1.165) is 0 Å². The Morgan fingerprint density at radius 2 is 1.20 bits per heavy atom. The van der Waals surface area contributed by atoms with E-state index in [1.54, 1.807) is 0 Å². The molecule has 0 fully saturated rings. The van der Waals surface area contributed by atoms with Crippen LogP contribution >= 0.6 is 0 Å². The average molecular weight is 216 g/mol. The summed E-state index contributed by atoms with van der Waals surface area (Å²) >= 11 is 0. The fourth-order valence-electron chi connectivity index (χ4n) is 1.12. The van der Waals surface area contributed by atoms with Gasteiger partial charge in [0, 0.05) is 0 Å². The maximum Gasteiger partial charge on any atom is -0.00179 e. The standard InChI is InChI=1S/C10H23N.C3H9N/c1-3-5-7-9-11-10-8-6-4-2;1-3(2)4/h11H,3-10H2,1-2H3;3H,4H2,1-2H3. The van der Waals surface area contributed by atoms with Gasteiger partial charge < -0.3 is 11.1 Å². The Bertz CT molecular complexity index is 81.8. The highest BCUT2D eigenvalue weighted by Crippen LogP contribution is 1.93. The molecule has 0 heterocycles. The number of hydrogen-bond donors (Lipinski definition) is 2. The first kappa shape index (κ1) is 17.3. The van der Waals surface area contributed by atoms with E-state index in [9.17, 15) is 0 Å². The van der Waals surface area contributed by atoms with Gasteiger partial charge in [0.25, 0.3) is 0 Å². The molecule has 0 atom stereocenters. The predicted octanol–water partition coefficient (Wildman–Crippen LogP) is 3.31. The minimum Gasteiger partial charge on any atom is -0.328 e. The van der Waals surface area contributed by atoms with E-state index in [-0.39, 0.29) is 0 Å². The average Bonchev–Trinajstić information content (AvgIpc) is 2.16. The van der Waals surface area contributed by atoms with Crippen LogP contribution in [0.1, 0.15) is 66.2 Å². The molecule has 0 aromatic heterocycles. The Labute approximate surface area is 97.0 Å². The second-order valence-electron chi connectivity index (χ2n) is 4.41. The van der Waals surface area contributed by atoms with Crippen LogP contribution in [0.25, 0.3) is 0 Å². The molecule has 0 rings (SSSR count). The van der Waals surface area contributed by atoms with E-state index >= 15 is 0 Å². The Morgan fingerprint density at radius 1 is 0.867 bits per heavy atom. The number of hydrogen-bond acceptors (Lipinski definition) is 2. The van der Waals surface area contributed by atoms with E-state index in [1.807, 2.05) is 13.8 Å². The first-order valence-electron chi connectivity index (χ1n) is 6.61. The summed E-state index contributed by atoms with van der Waals surface area (Å²) in [6.45, 7) is 10.8. The van der Waals surface area contributed by atoms with Gasteiger partial charge >= 0.3 is 0 Å². The summed E-state index contributed by atoms with van der Waals surface area (Å²) in [7, 11) is 0. The molecule has 0 saturated carbocycles. The third-order valence-electron chi connectivity index (χ3n) is 1.91. The van der Waals surface area contributed by atoms with Gasteiger partial charge in [-0.1, -0.05) is 53.4 Å². The highest BCUT2D eigenvalue weighted by atomic mass is 14.8. The zero-order valence-corrected chi connectivity index (χ0v) is 11.3. The van der Waals surface area contributed by atoms with E-state index in [2.05, 4.69) is 19.2 Å². The number of unbranched alkanes of at least 4 members (excludes halogenated alkanes) is 4. The van der Waals surface area contributed by atoms with Gasteiger partial charge in [0.2, 0.25) is 0 Å². The van der Waals surface area contributed by atoms with Crippen molar-refractivity contribution in [2.45, 2.75) is 72.3 Å². The molecule has 0 aromatic carbocycles. The third-order valence-corrected chi connectivity index (χ3v) is 1.91. The van der Waals surface area contributed by atoms with E-state index in [0.29, 0.717) is 6.04 Å². The van der Waals surface area contributed by atoms with Crippen LogP contribution in [0.15, 0.2) is 0 Å². The van der Waals surface area contributed by atoms with Gasteiger partial charge in [0.05, 0.1) is 0 Å². The van der Waals surface area contributed by atoms with Gasteiger partial charge in [-0.15, -0.1) is 0 Å². The van der Waals surface area contributed by atoms with Crippen LogP contribution in [-0.4, -0.2) is 19.1 Å². The lowest BCUT2D eigenvalue weighted by molar-refractivity contribution is 0.583. The summed E-state index contributed by atoms with van der Waals surface area (Å²) < 4.78 is 0. The zero-order valence-electron chi connectivity index (χ0n) is 11.3. The van der Waals surface area contributed by atoms with E-state index < -0.39 is 0 Å². The van der Waals surface area contributed by atoms with Crippen molar-refractivity contribution < 1.29 is 0 Å². The first-order valence-corrected chi connectivity index (χ1v) is 6.61. The summed E-state index contributed by atoms with van der Waals surface area (Å²) in [6, 6.07) is 0.333. The van der Waals surface area contributed by atoms with Crippen molar-refractivity contribution in [2.24, 2.45) is 5.73 Å². The summed E-state index contributed by atoms with van der Waals surface area (Å²) in [5.41, 5.74) is 5.11. The van der Waals surface area contributed by atoms with Gasteiger partial charge in [-0.05, 0) is 32.0 Å². The lowest BCUT2D eigenvalue weighted by atomic mass is 10.2. The van der Waals surface area contributed by atoms with Gasteiger partial charge in [-0.25, -0.2) is 0 Å². The predicted molar refractivity (Wildman–Crippen MR) is 71.2 cm³/mol. The monoisotopic (exact) mass is 216 g/mol. The number of nitrogens with two attached hydrogens (primary N) is 1. The normalized spacial score (nSPS) is 10.0. The molecule has 0 aliphatic heterocycles. The summed E-state index contributed by atoms with van der Waals surface area (Å²) in [5, 5.41) is 3.46. The highest BCUT2D eigenvalue weighted by molar-refractivity contribution is 4.48. The van der Waals surface area contributed by atoms with Crippen LogP contribution in [0.5, 0.6) is 0 Å². The maximum atomic E-state index is 5.11. The molecule has 0 bridgehead atoms. The second kappa shape index (κ2) is 16.4. The Balaban J connectivity index is 0. The Kier molecular flexibility index (Phi) is 18.9. The van der Waals surface area contributed by atoms with Crippen LogP contribution < -0.4 is 11.1 Å². The highest BCUT2D eigenvalue weighted by Gasteiger charge is 1.87. The fraction of sp³-hybridized carbons (Fsp3) is 1.00. The second-order valence-corrected chi connectivity index (χ2v) is 4.41. The zero-order chi connectivity index (χ0) is 11.9. The quantitative estimate of drug-likeness (QED) is 0.611. The van der Waals surface area contributed by atoms with Crippen LogP contribution in [0.3, 0.4) is 0 Å². The van der Waals surface area contributed by atoms with E-state index in [1.165, 1.54) is 51.6 Å². The van der Waals surface area contributed by atoms with Gasteiger partial charge in [-0.2, -0.15) is 0 Å². The molecule has 0 aliphatic carbocycles. The minimum atomic E-state index is 0.333. The molecule has 0 aliphatic rings. The lowest BCUT2D eigenvalue weighted by Crippen LogP contribution is -2.16. The molecule has 3 N–H and O–H groups in total. The molecule has 0 saturated heterocycles. The van der Waals surface area contributed by atoms with Crippen LogP contribution in [0.4, 0.5) is 0 Å². The van der Waals surface area contributed by atoms with E-state index in [4.69, 9.17) is 5.73 Å². The fourth-order valence-corrected chi connectivity index (χ4v) is 1.12. The van der Waals surface area contributed by atoms with Crippen LogP contribution in [0.2, 0.25) is 0 Å². The van der Waals surface area contributed by atoms with Crippen molar-refractivity contribution in [3.05, 3.63) is 0 Å². The van der Waals surface area contributed by atoms with Gasteiger partial charge in [-0.3, -0.25) is 0 Å². The molecule has 0 amide bonds. The molecule has 0 radical (unpaired) electrons. The van der Waals surface area contributed by atoms with Crippen LogP contribution in [0, 0.1) is 0 Å². The Morgan fingerprint density at radius 3 is 1.47 bits per heavy atom. The van der Waals surface area contributed by atoms with Crippen molar-refractivity contribution >= 4 is 0 Å². The molecule has 0 spiro atoms. The topological polar surface area (TPSA) is 38.0 Å². The molecule has 94 valence electrons. The van der Waals surface area contributed by atoms with Gasteiger partial charge in [0.15, 0.2) is 0 Å². The molecule has 2 nitrogen and oxygen atoms in total. The minimum absolute atomic E-state index is 0.333. The van der Waals surface area contributed by atoms with Crippen molar-refractivity contribution in [2.75, 3.05) is 13.1 Å². The van der Waals surface area contributed by atoms with Crippen molar-refractivity contribution in [3.8, 4) is 0 Å². The summed E-state index contributed by atoms with van der Waals surface area (Å²) in [5.74, 6) is 0. The molecule has 2 heteroatoms. The lowest BCUT2D eigenvalue weighted by Gasteiger charge is -2.02.